The molecule has 3 rings (SSSR count). The van der Waals surface area contributed by atoms with Gasteiger partial charge in [0, 0.05) is 21.0 Å². The van der Waals surface area contributed by atoms with Crippen LogP contribution in [0.4, 0.5) is 0 Å². The molecule has 3 aromatic rings. The predicted octanol–water partition coefficient (Wildman–Crippen LogP) is 4.28. The molecule has 2 aromatic carbocycles. The number of hydrogen-bond donors (Lipinski definition) is 1. The smallest absolute Gasteiger partial charge is 0.341 e. The average molecular weight is 479 g/mol. The van der Waals surface area contributed by atoms with Gasteiger partial charge in [0.1, 0.15) is 11.6 Å². The number of ether oxygens (including phenoxy) is 1. The SMILES string of the molecule is CC(C)c1nc2ccc(Br)cc2c(=O)n1N=Cc1cc(Cl)ccc1OCC(=O)O. The number of carboxylic acid groups (broad SMARTS) is 1. The molecule has 0 saturated heterocycles. The van der Waals surface area contributed by atoms with Crippen LogP contribution in [-0.4, -0.2) is 33.6 Å². The molecule has 29 heavy (non-hydrogen) atoms. The Labute approximate surface area is 179 Å². The van der Waals surface area contributed by atoms with Gasteiger partial charge in [0.05, 0.1) is 17.1 Å². The van der Waals surface area contributed by atoms with E-state index in [0.717, 1.165) is 4.47 Å². The molecule has 1 N–H and O–H groups in total. The third-order valence-electron chi connectivity index (χ3n) is 3.99. The van der Waals surface area contributed by atoms with E-state index in [9.17, 15) is 9.59 Å². The summed E-state index contributed by atoms with van der Waals surface area (Å²) < 4.78 is 7.27. The lowest BCUT2D eigenvalue weighted by atomic mass is 10.2. The van der Waals surface area contributed by atoms with E-state index in [1.165, 1.54) is 10.9 Å². The minimum atomic E-state index is -1.11. The maximum Gasteiger partial charge on any atom is 0.341 e. The summed E-state index contributed by atoms with van der Waals surface area (Å²) in [6, 6.07) is 10.0. The second-order valence-electron chi connectivity index (χ2n) is 6.51. The molecule has 9 heteroatoms. The third kappa shape index (κ3) is 4.83. The van der Waals surface area contributed by atoms with Gasteiger partial charge in [-0.25, -0.2) is 9.78 Å². The maximum atomic E-state index is 13.0. The van der Waals surface area contributed by atoms with Crippen molar-refractivity contribution in [2.45, 2.75) is 19.8 Å². The molecule has 0 unspecified atom stereocenters. The second kappa shape index (κ2) is 8.75. The van der Waals surface area contributed by atoms with Crippen LogP contribution in [0.25, 0.3) is 10.9 Å². The van der Waals surface area contributed by atoms with Gasteiger partial charge in [0.15, 0.2) is 6.61 Å². The summed E-state index contributed by atoms with van der Waals surface area (Å²) in [5.41, 5.74) is 0.711. The number of rotatable bonds is 6. The first-order chi connectivity index (χ1) is 13.8. The Bertz CT molecular complexity index is 1170. The molecule has 0 aliphatic heterocycles. The van der Waals surface area contributed by atoms with Crippen LogP contribution in [0.1, 0.15) is 31.2 Å². The molecule has 0 spiro atoms. The summed E-state index contributed by atoms with van der Waals surface area (Å²) in [6.45, 7) is 3.32. The molecule has 0 radical (unpaired) electrons. The number of carbonyl (C=O) groups is 1. The quantitative estimate of drug-likeness (QED) is 0.534. The van der Waals surface area contributed by atoms with Crippen LogP contribution in [0.2, 0.25) is 5.02 Å². The van der Waals surface area contributed by atoms with Gasteiger partial charge in [-0.15, -0.1) is 0 Å². The average Bonchev–Trinajstić information content (AvgIpc) is 2.66. The van der Waals surface area contributed by atoms with Crippen molar-refractivity contribution >= 4 is 50.6 Å². The Morgan fingerprint density at radius 2 is 2.10 bits per heavy atom. The molecule has 7 nitrogen and oxygen atoms in total. The molecule has 0 aliphatic rings. The van der Waals surface area contributed by atoms with Crippen molar-refractivity contribution in [3.63, 3.8) is 0 Å². The first kappa shape index (κ1) is 21.0. The summed E-state index contributed by atoms with van der Waals surface area (Å²) in [5.74, 6) is -0.382. The molecule has 0 aliphatic carbocycles. The van der Waals surface area contributed by atoms with Gasteiger partial charge < -0.3 is 9.84 Å². The van der Waals surface area contributed by atoms with Crippen molar-refractivity contribution in [2.24, 2.45) is 5.10 Å². The zero-order valence-electron chi connectivity index (χ0n) is 15.6. The van der Waals surface area contributed by atoms with Crippen LogP contribution in [0.5, 0.6) is 5.75 Å². The van der Waals surface area contributed by atoms with Gasteiger partial charge in [-0.1, -0.05) is 41.4 Å². The number of carboxylic acids is 1. The van der Waals surface area contributed by atoms with Crippen LogP contribution in [-0.2, 0) is 4.79 Å². The van der Waals surface area contributed by atoms with Gasteiger partial charge >= 0.3 is 5.97 Å². The first-order valence-corrected chi connectivity index (χ1v) is 9.84. The number of aliphatic carboxylic acids is 1. The van der Waals surface area contributed by atoms with Crippen molar-refractivity contribution in [1.29, 1.82) is 0 Å². The molecule has 1 heterocycles. The Hall–Kier alpha value is -2.71. The van der Waals surface area contributed by atoms with Crippen molar-refractivity contribution in [3.8, 4) is 5.75 Å². The first-order valence-electron chi connectivity index (χ1n) is 8.67. The van der Waals surface area contributed by atoms with Crippen molar-refractivity contribution in [3.05, 3.63) is 67.6 Å². The van der Waals surface area contributed by atoms with E-state index in [4.69, 9.17) is 21.4 Å². The number of halogens is 2. The zero-order chi connectivity index (χ0) is 21.1. The molecule has 150 valence electrons. The largest absolute Gasteiger partial charge is 0.481 e. The standard InChI is InChI=1S/C20H17BrClN3O4/c1-11(2)19-24-16-5-3-13(21)8-15(16)20(28)25(19)23-9-12-7-14(22)4-6-17(12)29-10-18(26)27/h3-9,11H,10H2,1-2H3,(H,26,27). The number of benzene rings is 2. The molecule has 0 fully saturated rings. The highest BCUT2D eigenvalue weighted by Gasteiger charge is 2.14. The highest BCUT2D eigenvalue weighted by atomic mass is 79.9. The van der Waals surface area contributed by atoms with Gasteiger partial charge in [-0.2, -0.15) is 9.78 Å². The number of hydrogen-bond acceptors (Lipinski definition) is 5. The van der Waals surface area contributed by atoms with Crippen molar-refractivity contribution < 1.29 is 14.6 Å². The summed E-state index contributed by atoms with van der Waals surface area (Å²) in [6.07, 6.45) is 1.40. The fraction of sp³-hybridized carbons (Fsp3) is 0.200. The molecule has 0 amide bonds. The molecule has 1 aromatic heterocycles. The lowest BCUT2D eigenvalue weighted by molar-refractivity contribution is -0.139. The summed E-state index contributed by atoms with van der Waals surface area (Å²) >= 11 is 9.42. The minimum absolute atomic E-state index is 0.0602. The van der Waals surface area contributed by atoms with E-state index in [2.05, 4.69) is 26.0 Å². The summed E-state index contributed by atoms with van der Waals surface area (Å²) in [5, 5.41) is 14.0. The molecule has 0 bridgehead atoms. The number of fused-ring (bicyclic) bond motifs is 1. The Morgan fingerprint density at radius 3 is 2.79 bits per heavy atom. The van der Waals surface area contributed by atoms with Crippen LogP contribution in [0.3, 0.4) is 0 Å². The van der Waals surface area contributed by atoms with Crippen molar-refractivity contribution in [2.75, 3.05) is 6.61 Å². The van der Waals surface area contributed by atoms with Crippen LogP contribution < -0.4 is 10.3 Å². The highest BCUT2D eigenvalue weighted by Crippen LogP contribution is 2.22. The van der Waals surface area contributed by atoms with E-state index >= 15 is 0 Å². The monoisotopic (exact) mass is 477 g/mol. The lowest BCUT2D eigenvalue weighted by Crippen LogP contribution is -2.23. The van der Waals surface area contributed by atoms with E-state index < -0.39 is 12.6 Å². The van der Waals surface area contributed by atoms with E-state index in [1.807, 2.05) is 19.9 Å². The topological polar surface area (TPSA) is 93.8 Å². The molecular weight excluding hydrogens is 462 g/mol. The fourth-order valence-electron chi connectivity index (χ4n) is 2.66. The summed E-state index contributed by atoms with van der Waals surface area (Å²) in [4.78, 5) is 28.4. The second-order valence-corrected chi connectivity index (χ2v) is 7.86. The summed E-state index contributed by atoms with van der Waals surface area (Å²) in [7, 11) is 0. The van der Waals surface area contributed by atoms with Crippen LogP contribution in [0.15, 0.2) is 50.8 Å². The Balaban J connectivity index is 2.12. The highest BCUT2D eigenvalue weighted by molar-refractivity contribution is 9.10. The maximum absolute atomic E-state index is 13.0. The Kier molecular flexibility index (Phi) is 6.34. The van der Waals surface area contributed by atoms with Gasteiger partial charge in [-0.3, -0.25) is 4.79 Å². The molecule has 0 atom stereocenters. The minimum Gasteiger partial charge on any atom is -0.481 e. The third-order valence-corrected chi connectivity index (χ3v) is 4.71. The number of nitrogens with zero attached hydrogens (tertiary/aromatic N) is 3. The van der Waals surface area contributed by atoms with Gasteiger partial charge in [0.2, 0.25) is 0 Å². The van der Waals surface area contributed by atoms with Crippen LogP contribution in [0, 0.1) is 0 Å². The van der Waals surface area contributed by atoms with Crippen molar-refractivity contribution in [1.82, 2.24) is 9.66 Å². The molecular formula is C20H17BrClN3O4. The Morgan fingerprint density at radius 1 is 1.34 bits per heavy atom. The molecule has 0 saturated carbocycles. The van der Waals surface area contributed by atoms with Crippen LogP contribution >= 0.6 is 27.5 Å². The van der Waals surface area contributed by atoms with Gasteiger partial charge in [0.25, 0.3) is 5.56 Å². The lowest BCUT2D eigenvalue weighted by Gasteiger charge is -2.12. The van der Waals surface area contributed by atoms with Gasteiger partial charge in [-0.05, 0) is 36.4 Å². The predicted molar refractivity (Wildman–Crippen MR) is 115 cm³/mol. The van der Waals surface area contributed by atoms with E-state index in [-0.39, 0.29) is 17.2 Å². The number of aromatic nitrogens is 2. The zero-order valence-corrected chi connectivity index (χ0v) is 17.9. The normalized spacial score (nSPS) is 11.5. The fourth-order valence-corrected chi connectivity index (χ4v) is 3.20. The van der Waals surface area contributed by atoms with E-state index in [1.54, 1.807) is 30.3 Å². The van der Waals surface area contributed by atoms with E-state index in [0.29, 0.717) is 27.3 Å².